The molecule has 1 saturated carbocycles. The summed E-state index contributed by atoms with van der Waals surface area (Å²) in [7, 11) is 0. The third kappa shape index (κ3) is 3.90. The number of carboxylic acids is 1. The van der Waals surface area contributed by atoms with Crippen LogP contribution in [0.5, 0.6) is 0 Å². The van der Waals surface area contributed by atoms with Crippen molar-refractivity contribution in [2.45, 2.75) is 70.7 Å². The van der Waals surface area contributed by atoms with E-state index in [4.69, 9.17) is 9.26 Å². The zero-order valence-electron chi connectivity index (χ0n) is 14.2. The van der Waals surface area contributed by atoms with Crippen LogP contribution in [0.4, 0.5) is 0 Å². The van der Waals surface area contributed by atoms with Crippen LogP contribution in [-0.2, 0) is 16.1 Å². The van der Waals surface area contributed by atoms with Gasteiger partial charge in [-0.25, -0.2) is 0 Å². The Morgan fingerprint density at radius 3 is 2.92 bits per heavy atom. The normalized spacial score (nSPS) is 28.2. The molecule has 1 aliphatic heterocycles. The third-order valence-corrected chi connectivity index (χ3v) is 5.09. The number of likely N-dealkylation sites (tertiary alicyclic amines) is 1. The van der Waals surface area contributed by atoms with Crippen LogP contribution in [0.3, 0.4) is 0 Å². The van der Waals surface area contributed by atoms with Gasteiger partial charge in [0.1, 0.15) is 12.1 Å². The van der Waals surface area contributed by atoms with E-state index in [0.29, 0.717) is 36.8 Å². The van der Waals surface area contributed by atoms with Gasteiger partial charge in [-0.2, -0.15) is 4.98 Å². The maximum Gasteiger partial charge on any atom is 0.320 e. The summed E-state index contributed by atoms with van der Waals surface area (Å²) in [6.07, 6.45) is 5.08. The van der Waals surface area contributed by atoms with Crippen molar-refractivity contribution in [2.75, 3.05) is 6.61 Å². The molecule has 4 atom stereocenters. The first-order valence-electron chi connectivity index (χ1n) is 8.52. The van der Waals surface area contributed by atoms with Gasteiger partial charge in [0.15, 0.2) is 5.82 Å². The van der Waals surface area contributed by atoms with E-state index in [1.54, 1.807) is 0 Å². The number of hydrogen-bond donors (Lipinski definition) is 1. The second-order valence-corrected chi connectivity index (χ2v) is 6.52. The van der Waals surface area contributed by atoms with Crippen LogP contribution in [0.1, 0.15) is 63.8 Å². The molecule has 1 aliphatic carbocycles. The van der Waals surface area contributed by atoms with Gasteiger partial charge in [-0.3, -0.25) is 9.69 Å². The van der Waals surface area contributed by atoms with Crippen LogP contribution in [0.2, 0.25) is 0 Å². The second kappa shape index (κ2) is 8.27. The van der Waals surface area contributed by atoms with Gasteiger partial charge in [0.05, 0.1) is 6.54 Å². The first-order valence-corrected chi connectivity index (χ1v) is 8.52. The minimum Gasteiger partial charge on any atom is -0.480 e. The Labute approximate surface area is 148 Å². The lowest BCUT2D eigenvalue weighted by Crippen LogP contribution is -2.41. The molecule has 0 radical (unpaired) electrons. The highest BCUT2D eigenvalue weighted by atomic mass is 35.5. The highest BCUT2D eigenvalue weighted by molar-refractivity contribution is 5.85. The minimum atomic E-state index is -0.748. The van der Waals surface area contributed by atoms with Crippen LogP contribution < -0.4 is 0 Å². The molecule has 0 bridgehead atoms. The van der Waals surface area contributed by atoms with Gasteiger partial charge in [-0.15, -0.1) is 12.4 Å². The van der Waals surface area contributed by atoms with E-state index in [1.165, 1.54) is 12.8 Å². The maximum absolute atomic E-state index is 11.6. The fourth-order valence-corrected chi connectivity index (χ4v) is 4.00. The summed E-state index contributed by atoms with van der Waals surface area (Å²) < 4.78 is 10.8. The number of aliphatic carboxylic acids is 1. The number of carbonyl (C=O) groups is 1. The Bertz CT molecular complexity index is 553. The number of ether oxygens (including phenoxy) is 1. The first-order chi connectivity index (χ1) is 11.1. The number of hydrogen-bond acceptors (Lipinski definition) is 6. The Morgan fingerprint density at radius 1 is 1.46 bits per heavy atom. The number of carboxylic acid groups (broad SMARTS) is 1. The Balaban J connectivity index is 0.00000208. The van der Waals surface area contributed by atoms with Crippen molar-refractivity contribution in [2.24, 2.45) is 5.92 Å². The molecule has 2 fully saturated rings. The Morgan fingerprint density at radius 2 is 2.21 bits per heavy atom. The molecule has 0 aromatic carbocycles. The lowest BCUT2D eigenvalue weighted by Gasteiger charge is -2.31. The SMILES string of the molecule is CCOC(C)c1noc(CN2C(C(=O)O)CC3CCCCC32)n1.Cl. The van der Waals surface area contributed by atoms with Crippen molar-refractivity contribution in [1.29, 1.82) is 0 Å². The minimum absolute atomic E-state index is 0. The van der Waals surface area contributed by atoms with Crippen molar-refractivity contribution in [1.82, 2.24) is 15.0 Å². The zero-order chi connectivity index (χ0) is 16.4. The number of rotatable bonds is 6. The molecule has 8 heteroatoms. The van der Waals surface area contributed by atoms with E-state index in [2.05, 4.69) is 15.0 Å². The standard InChI is InChI=1S/C16H25N3O4.ClH/c1-3-22-10(2)15-17-14(23-18-15)9-19-12-7-5-4-6-11(12)8-13(19)16(20)21;/h10-13H,3-9H2,1-2H3,(H,20,21);1H. The maximum atomic E-state index is 11.6. The van der Waals surface area contributed by atoms with Crippen molar-refractivity contribution >= 4 is 18.4 Å². The fourth-order valence-electron chi connectivity index (χ4n) is 4.00. The molecule has 3 rings (SSSR count). The zero-order valence-corrected chi connectivity index (χ0v) is 15.0. The molecule has 0 spiro atoms. The fraction of sp³-hybridized carbons (Fsp3) is 0.812. The van der Waals surface area contributed by atoms with Gasteiger partial charge in [0.2, 0.25) is 5.89 Å². The van der Waals surface area contributed by atoms with Crippen molar-refractivity contribution in [3.63, 3.8) is 0 Å². The van der Waals surface area contributed by atoms with E-state index in [-0.39, 0.29) is 18.5 Å². The second-order valence-electron chi connectivity index (χ2n) is 6.52. The Hall–Kier alpha value is -1.18. The van der Waals surface area contributed by atoms with Gasteiger partial charge in [0, 0.05) is 12.6 Å². The van der Waals surface area contributed by atoms with Crippen molar-refractivity contribution < 1.29 is 19.2 Å². The summed E-state index contributed by atoms with van der Waals surface area (Å²) in [5.41, 5.74) is 0. The molecule has 1 N–H and O–H groups in total. The predicted molar refractivity (Wildman–Crippen MR) is 88.9 cm³/mol. The number of aromatic nitrogens is 2. The molecule has 7 nitrogen and oxygen atoms in total. The van der Waals surface area contributed by atoms with Crippen LogP contribution in [0.25, 0.3) is 0 Å². The summed E-state index contributed by atoms with van der Waals surface area (Å²) >= 11 is 0. The van der Waals surface area contributed by atoms with E-state index in [9.17, 15) is 9.90 Å². The van der Waals surface area contributed by atoms with Gasteiger partial charge >= 0.3 is 5.97 Å². The van der Waals surface area contributed by atoms with Crippen LogP contribution in [0, 0.1) is 5.92 Å². The van der Waals surface area contributed by atoms with Crippen molar-refractivity contribution in [3.05, 3.63) is 11.7 Å². The first kappa shape index (κ1) is 19.1. The molecular weight excluding hydrogens is 334 g/mol. The summed E-state index contributed by atoms with van der Waals surface area (Å²) in [4.78, 5) is 18.1. The van der Waals surface area contributed by atoms with Gasteiger partial charge in [-0.1, -0.05) is 18.0 Å². The van der Waals surface area contributed by atoms with Crippen molar-refractivity contribution in [3.8, 4) is 0 Å². The molecule has 136 valence electrons. The number of nitrogens with zero attached hydrogens (tertiary/aromatic N) is 3. The molecule has 2 aliphatic rings. The van der Waals surface area contributed by atoms with E-state index >= 15 is 0 Å². The van der Waals surface area contributed by atoms with E-state index in [0.717, 1.165) is 19.3 Å². The van der Waals surface area contributed by atoms with E-state index < -0.39 is 12.0 Å². The molecule has 1 aromatic heterocycles. The number of halogens is 1. The van der Waals surface area contributed by atoms with E-state index in [1.807, 2.05) is 13.8 Å². The quantitative estimate of drug-likeness (QED) is 0.835. The molecular formula is C16H26ClN3O4. The molecule has 2 heterocycles. The lowest BCUT2D eigenvalue weighted by atomic mass is 9.85. The highest BCUT2D eigenvalue weighted by Crippen LogP contribution is 2.40. The third-order valence-electron chi connectivity index (χ3n) is 5.09. The molecule has 1 saturated heterocycles. The van der Waals surface area contributed by atoms with Gasteiger partial charge < -0.3 is 14.4 Å². The Kier molecular flexibility index (Phi) is 6.60. The lowest BCUT2D eigenvalue weighted by molar-refractivity contribution is -0.143. The summed E-state index contributed by atoms with van der Waals surface area (Å²) in [5.74, 6) is 0.730. The average Bonchev–Trinajstić information content (AvgIpc) is 3.13. The summed E-state index contributed by atoms with van der Waals surface area (Å²) in [6, 6.07) is -0.118. The highest BCUT2D eigenvalue weighted by Gasteiger charge is 2.45. The van der Waals surface area contributed by atoms with Gasteiger partial charge in [0.25, 0.3) is 0 Å². The molecule has 1 aromatic rings. The summed E-state index contributed by atoms with van der Waals surface area (Å²) in [6.45, 7) is 4.79. The monoisotopic (exact) mass is 359 g/mol. The molecule has 24 heavy (non-hydrogen) atoms. The van der Waals surface area contributed by atoms with Gasteiger partial charge in [-0.05, 0) is 39.0 Å². The average molecular weight is 360 g/mol. The summed E-state index contributed by atoms with van der Waals surface area (Å²) in [5, 5.41) is 13.5. The largest absolute Gasteiger partial charge is 0.480 e. The van der Waals surface area contributed by atoms with Crippen LogP contribution in [0.15, 0.2) is 4.52 Å². The van der Waals surface area contributed by atoms with Crippen LogP contribution in [-0.4, -0.2) is 44.8 Å². The topological polar surface area (TPSA) is 88.7 Å². The molecule has 4 unspecified atom stereocenters. The van der Waals surface area contributed by atoms with Crippen LogP contribution >= 0.6 is 12.4 Å². The number of fused-ring (bicyclic) bond motifs is 1. The molecule has 0 amide bonds. The predicted octanol–water partition coefficient (Wildman–Crippen LogP) is 2.81. The smallest absolute Gasteiger partial charge is 0.320 e.